The number of furan rings is 1. The van der Waals surface area contributed by atoms with Gasteiger partial charge in [-0.05, 0) is 79.1 Å². The summed E-state index contributed by atoms with van der Waals surface area (Å²) in [5.74, 6) is 0. The molecule has 0 aliphatic heterocycles. The average Bonchev–Trinajstić information content (AvgIpc) is 3.50. The van der Waals surface area contributed by atoms with Crippen LogP contribution in [0.5, 0.6) is 0 Å². The minimum atomic E-state index is -2.55. The SMILES string of the molecule is [2H]C([2H])([2H])c1ccc(-c2[c-]cccc2)nc1.[2H]C([2H])([2H])c1ccc2c(ccc3c4cc[c-]c(-c5cc(C([2H])([2H])C(C)(C)C)c(C([2H])([2H])[2H])cn5)c4oc23)n1.[Ir]. The Balaban J connectivity index is 0.000000286. The van der Waals surface area contributed by atoms with E-state index in [0.29, 0.717) is 33.3 Å². The van der Waals surface area contributed by atoms with Crippen LogP contribution in [0.3, 0.4) is 0 Å². The summed E-state index contributed by atoms with van der Waals surface area (Å²) in [5, 5.41) is 2.20. The molecule has 0 saturated heterocycles. The Kier molecular flexibility index (Phi) is 5.82. The van der Waals surface area contributed by atoms with Crippen molar-refractivity contribution >= 4 is 32.8 Å². The number of aryl methyl sites for hydroxylation is 3. The van der Waals surface area contributed by atoms with Gasteiger partial charge in [0.1, 0.15) is 5.58 Å². The normalized spacial score (nSPS) is 16.2. The van der Waals surface area contributed by atoms with Gasteiger partial charge in [0, 0.05) is 64.0 Å². The summed E-state index contributed by atoms with van der Waals surface area (Å²) in [6, 6.07) is 28.6. The van der Waals surface area contributed by atoms with E-state index in [1.165, 1.54) is 24.5 Å². The third-order valence-electron chi connectivity index (χ3n) is 6.68. The molecule has 0 spiro atoms. The molecule has 4 heterocycles. The first-order chi connectivity index (χ1) is 25.1. The van der Waals surface area contributed by atoms with Gasteiger partial charge in [0.05, 0.1) is 11.1 Å². The third kappa shape index (κ3) is 6.65. The summed E-state index contributed by atoms with van der Waals surface area (Å²) in [6.07, 6.45) is 0.633. The summed E-state index contributed by atoms with van der Waals surface area (Å²) >= 11 is 0. The van der Waals surface area contributed by atoms with Gasteiger partial charge < -0.3 is 14.4 Å². The van der Waals surface area contributed by atoms with Crippen LogP contribution in [0.2, 0.25) is 0 Å². The second-order valence-electron chi connectivity index (χ2n) is 11.1. The van der Waals surface area contributed by atoms with Gasteiger partial charge in [-0.3, -0.25) is 4.98 Å². The maximum atomic E-state index is 8.81. The zero-order valence-corrected chi connectivity index (χ0v) is 26.6. The summed E-state index contributed by atoms with van der Waals surface area (Å²) in [6.45, 7) is -1.81. The van der Waals surface area contributed by atoms with Gasteiger partial charge in [-0.1, -0.05) is 55.5 Å². The molecule has 44 heavy (non-hydrogen) atoms. The largest absolute Gasteiger partial charge is 0.500 e. The number of rotatable bonds is 3. The summed E-state index contributed by atoms with van der Waals surface area (Å²) < 4.78 is 92.5. The van der Waals surface area contributed by atoms with E-state index in [4.69, 9.17) is 19.5 Å². The van der Waals surface area contributed by atoms with Gasteiger partial charge in [0.15, 0.2) is 0 Å². The van der Waals surface area contributed by atoms with Crippen LogP contribution in [0.1, 0.15) is 58.2 Å². The summed E-state index contributed by atoms with van der Waals surface area (Å²) in [7, 11) is 0. The van der Waals surface area contributed by atoms with Crippen molar-refractivity contribution in [2.45, 2.75) is 47.7 Å². The molecular formula is C39H35IrN3O-2. The van der Waals surface area contributed by atoms with E-state index >= 15 is 0 Å². The molecule has 0 amide bonds. The molecule has 1 radical (unpaired) electrons. The van der Waals surface area contributed by atoms with Crippen molar-refractivity contribution in [3.8, 4) is 22.5 Å². The van der Waals surface area contributed by atoms with Crippen LogP contribution >= 0.6 is 0 Å². The molecule has 4 nitrogen and oxygen atoms in total. The molecule has 0 aliphatic rings. The van der Waals surface area contributed by atoms with Crippen LogP contribution in [-0.4, -0.2) is 15.0 Å². The number of hydrogen-bond acceptors (Lipinski definition) is 4. The van der Waals surface area contributed by atoms with Crippen LogP contribution in [0, 0.1) is 38.1 Å². The van der Waals surface area contributed by atoms with Crippen molar-refractivity contribution in [1.29, 1.82) is 0 Å². The van der Waals surface area contributed by atoms with Crippen molar-refractivity contribution in [3.05, 3.63) is 126 Å². The van der Waals surface area contributed by atoms with Gasteiger partial charge in [-0.15, -0.1) is 54.1 Å². The van der Waals surface area contributed by atoms with Gasteiger partial charge in [-0.2, -0.15) is 0 Å². The van der Waals surface area contributed by atoms with Crippen LogP contribution in [0.15, 0.2) is 95.7 Å². The first-order valence-corrected chi connectivity index (χ1v) is 13.7. The number of nitrogens with zero attached hydrogens (tertiary/aromatic N) is 3. The average molecular weight is 765 g/mol. The first-order valence-electron chi connectivity index (χ1n) is 19.2. The number of pyridine rings is 3. The Labute approximate surface area is 288 Å². The second-order valence-corrected chi connectivity index (χ2v) is 11.1. The number of benzene rings is 3. The van der Waals surface area contributed by atoms with Crippen molar-refractivity contribution in [2.75, 3.05) is 0 Å². The van der Waals surface area contributed by atoms with Gasteiger partial charge in [-0.25, -0.2) is 0 Å². The molecule has 0 saturated carbocycles. The third-order valence-corrected chi connectivity index (χ3v) is 6.68. The van der Waals surface area contributed by atoms with Crippen molar-refractivity contribution in [3.63, 3.8) is 0 Å². The molecule has 223 valence electrons. The molecule has 5 heteroatoms. The Morgan fingerprint density at radius 3 is 2.36 bits per heavy atom. The number of aromatic nitrogens is 3. The fourth-order valence-electron chi connectivity index (χ4n) is 4.80. The van der Waals surface area contributed by atoms with E-state index in [0.717, 1.165) is 22.0 Å². The molecule has 3 aromatic carbocycles. The minimum absolute atomic E-state index is 0. The maximum absolute atomic E-state index is 8.81. The molecule has 0 unspecified atom stereocenters. The summed E-state index contributed by atoms with van der Waals surface area (Å²) in [5.41, 5.74) is 3.10. The van der Waals surface area contributed by atoms with Crippen LogP contribution < -0.4 is 0 Å². The van der Waals surface area contributed by atoms with E-state index in [2.05, 4.69) is 27.1 Å². The Morgan fingerprint density at radius 1 is 0.795 bits per heavy atom. The smallest absolute Gasteiger partial charge is 0.130 e. The van der Waals surface area contributed by atoms with Gasteiger partial charge in [0.2, 0.25) is 0 Å². The van der Waals surface area contributed by atoms with E-state index in [-0.39, 0.29) is 42.5 Å². The molecule has 7 aromatic rings. The molecule has 0 aliphatic carbocycles. The zero-order chi connectivity index (χ0) is 39.4. The second kappa shape index (κ2) is 12.8. The fraction of sp³-hybridized carbons (Fsp3) is 0.205. The predicted octanol–water partition coefficient (Wildman–Crippen LogP) is 10.1. The molecule has 4 aromatic heterocycles. The van der Waals surface area contributed by atoms with Crippen molar-refractivity contribution in [2.24, 2.45) is 5.41 Å². The molecular weight excluding hydrogens is 719 g/mol. The standard InChI is InChI=1S/C27H25N2O.C12H10N.Ir/c1-16-15-28-24(13-18(16)14-27(3,4)5)21-8-6-7-19-20-11-12-23-22(10-9-17(2)29-23)26(20)30-25(19)21;1-10-7-8-12(13-9-10)11-5-3-2-4-6-11;/h6-7,9-13,15H,14H2,1-5H3;2-5,7-9H,1H3;/q2*-1;/i1D3,2D3,14D2;1D3;. The first kappa shape index (κ1) is 20.0. The Morgan fingerprint density at radius 2 is 1.64 bits per heavy atom. The van der Waals surface area contributed by atoms with E-state index < -0.39 is 32.3 Å². The summed E-state index contributed by atoms with van der Waals surface area (Å²) in [4.78, 5) is 12.8. The monoisotopic (exact) mass is 765 g/mol. The van der Waals surface area contributed by atoms with Crippen LogP contribution in [0.25, 0.3) is 55.4 Å². The number of fused-ring (bicyclic) bond motifs is 5. The van der Waals surface area contributed by atoms with Crippen molar-refractivity contribution < 1.29 is 39.6 Å². The Bertz CT molecular complexity index is 2470. The molecule has 7 rings (SSSR count). The molecule has 0 bridgehead atoms. The predicted molar refractivity (Wildman–Crippen MR) is 177 cm³/mol. The van der Waals surface area contributed by atoms with Crippen LogP contribution in [0.4, 0.5) is 0 Å². The number of hydrogen-bond donors (Lipinski definition) is 0. The van der Waals surface area contributed by atoms with E-state index in [1.54, 1.807) is 57.2 Å². The van der Waals surface area contributed by atoms with Crippen LogP contribution in [-0.2, 0) is 26.5 Å². The van der Waals surface area contributed by atoms with Crippen molar-refractivity contribution in [1.82, 2.24) is 15.0 Å². The maximum Gasteiger partial charge on any atom is 0.130 e. The molecule has 0 N–H and O–H groups in total. The topological polar surface area (TPSA) is 51.8 Å². The molecule has 0 atom stereocenters. The zero-order valence-electron chi connectivity index (χ0n) is 35.2. The van der Waals surface area contributed by atoms with Gasteiger partial charge >= 0.3 is 0 Å². The minimum Gasteiger partial charge on any atom is -0.500 e. The van der Waals surface area contributed by atoms with Gasteiger partial charge in [0.25, 0.3) is 0 Å². The van der Waals surface area contributed by atoms with E-state index in [9.17, 15) is 0 Å². The Hall–Kier alpha value is -4.18. The quantitative estimate of drug-likeness (QED) is 0.168. The molecule has 0 fully saturated rings. The van der Waals surface area contributed by atoms with E-state index in [1.807, 2.05) is 30.3 Å². The fourth-order valence-corrected chi connectivity index (χ4v) is 4.80.